The van der Waals surface area contributed by atoms with Crippen molar-refractivity contribution < 1.29 is 13.2 Å². The zero-order chi connectivity index (χ0) is 23.6. The van der Waals surface area contributed by atoms with Gasteiger partial charge in [0, 0.05) is 17.4 Å². The lowest BCUT2D eigenvalue weighted by Gasteiger charge is -2.10. The third kappa shape index (κ3) is 4.68. The maximum Gasteiger partial charge on any atom is 0.261 e. The Morgan fingerprint density at radius 1 is 1.00 bits per heavy atom. The van der Waals surface area contributed by atoms with Crippen LogP contribution in [0.1, 0.15) is 22.5 Å². The number of hydrogen-bond donors (Lipinski definition) is 1. The minimum absolute atomic E-state index is 0.0646. The number of benzene rings is 2. The molecule has 4 aromatic rings. The number of ether oxygens (including phenoxy) is 1. The van der Waals surface area contributed by atoms with E-state index in [1.165, 1.54) is 30.6 Å². The predicted octanol–water partition coefficient (Wildman–Crippen LogP) is 4.05. The SMILES string of the molecule is Cc1nn(-c2cc(Oc3ccc(NS(=O)(=O)c4ccc(C#N)cc4)cc3)ncn2)c(C)c1C. The summed E-state index contributed by atoms with van der Waals surface area (Å²) < 4.78 is 35.2. The Bertz CT molecular complexity index is 1450. The van der Waals surface area contributed by atoms with E-state index in [0.717, 1.165) is 17.0 Å². The van der Waals surface area contributed by atoms with E-state index >= 15 is 0 Å². The van der Waals surface area contributed by atoms with Crippen molar-refractivity contribution in [2.45, 2.75) is 25.7 Å². The summed E-state index contributed by atoms with van der Waals surface area (Å²) in [7, 11) is -3.78. The summed E-state index contributed by atoms with van der Waals surface area (Å²) in [5.74, 6) is 1.39. The second-order valence-corrected chi connectivity index (χ2v) is 8.97. The van der Waals surface area contributed by atoms with Crippen LogP contribution in [0.4, 0.5) is 5.69 Å². The molecule has 0 spiro atoms. The van der Waals surface area contributed by atoms with Gasteiger partial charge in [0.1, 0.15) is 12.1 Å². The van der Waals surface area contributed by atoms with Crippen LogP contribution in [-0.2, 0) is 10.0 Å². The Kier molecular flexibility index (Phi) is 5.81. The van der Waals surface area contributed by atoms with Crippen molar-refractivity contribution in [3.63, 3.8) is 0 Å². The topological polar surface area (TPSA) is 123 Å². The number of nitrogens with zero attached hydrogens (tertiary/aromatic N) is 5. The molecule has 0 saturated heterocycles. The summed E-state index contributed by atoms with van der Waals surface area (Å²) in [6.45, 7) is 5.91. The van der Waals surface area contributed by atoms with Crippen LogP contribution in [0.15, 0.2) is 65.8 Å². The fraction of sp³-hybridized carbons (Fsp3) is 0.130. The molecule has 0 unspecified atom stereocenters. The second kappa shape index (κ2) is 8.72. The van der Waals surface area contributed by atoms with Crippen LogP contribution < -0.4 is 9.46 Å². The standard InChI is InChI=1S/C23H20N6O3S/c1-15-16(2)27-29(17(15)3)22-12-23(26-14-25-22)32-20-8-6-19(7-9-20)28-33(30,31)21-10-4-18(13-24)5-11-21/h4-12,14,28H,1-3H3. The van der Waals surface area contributed by atoms with Gasteiger partial charge in [-0.1, -0.05) is 0 Å². The van der Waals surface area contributed by atoms with Gasteiger partial charge in [0.05, 0.1) is 22.2 Å². The van der Waals surface area contributed by atoms with Crippen molar-refractivity contribution in [1.82, 2.24) is 19.7 Å². The molecule has 0 aliphatic rings. The molecule has 4 rings (SSSR count). The maximum atomic E-state index is 12.6. The van der Waals surface area contributed by atoms with Crippen LogP contribution in [0.5, 0.6) is 11.6 Å². The zero-order valence-corrected chi connectivity index (χ0v) is 19.0. The molecule has 2 aromatic heterocycles. The molecule has 0 bridgehead atoms. The first-order valence-electron chi connectivity index (χ1n) is 9.93. The summed E-state index contributed by atoms with van der Waals surface area (Å²) in [5.41, 5.74) is 3.75. The van der Waals surface area contributed by atoms with Crippen molar-refractivity contribution in [2.24, 2.45) is 0 Å². The number of rotatable bonds is 6. The van der Waals surface area contributed by atoms with E-state index in [1.807, 2.05) is 26.8 Å². The highest BCUT2D eigenvalue weighted by Crippen LogP contribution is 2.24. The fourth-order valence-corrected chi connectivity index (χ4v) is 4.14. The van der Waals surface area contributed by atoms with Crippen molar-refractivity contribution in [3.8, 4) is 23.5 Å². The minimum atomic E-state index is -3.78. The van der Waals surface area contributed by atoms with Crippen LogP contribution in [0.2, 0.25) is 0 Å². The van der Waals surface area contributed by atoms with Gasteiger partial charge in [-0.2, -0.15) is 10.4 Å². The van der Waals surface area contributed by atoms with Crippen LogP contribution in [-0.4, -0.2) is 28.2 Å². The number of nitrogens with one attached hydrogen (secondary N) is 1. The second-order valence-electron chi connectivity index (χ2n) is 7.29. The van der Waals surface area contributed by atoms with Gasteiger partial charge in [-0.3, -0.25) is 4.72 Å². The minimum Gasteiger partial charge on any atom is -0.439 e. The molecule has 10 heteroatoms. The average molecular weight is 461 g/mol. The molecule has 0 amide bonds. The highest BCUT2D eigenvalue weighted by atomic mass is 32.2. The predicted molar refractivity (Wildman–Crippen MR) is 122 cm³/mol. The molecule has 0 saturated carbocycles. The molecule has 33 heavy (non-hydrogen) atoms. The van der Waals surface area contributed by atoms with Gasteiger partial charge in [0.25, 0.3) is 10.0 Å². The molecule has 166 valence electrons. The van der Waals surface area contributed by atoms with E-state index in [2.05, 4.69) is 19.8 Å². The molecule has 0 aliphatic heterocycles. The lowest BCUT2D eigenvalue weighted by molar-refractivity contribution is 0.460. The quantitative estimate of drug-likeness (QED) is 0.460. The van der Waals surface area contributed by atoms with Gasteiger partial charge >= 0.3 is 0 Å². The van der Waals surface area contributed by atoms with Crippen molar-refractivity contribution in [1.29, 1.82) is 5.26 Å². The number of aryl methyl sites for hydroxylation is 1. The summed E-state index contributed by atoms with van der Waals surface area (Å²) in [6.07, 6.45) is 1.40. The Labute approximate surface area is 191 Å². The van der Waals surface area contributed by atoms with Crippen LogP contribution in [0.25, 0.3) is 5.82 Å². The van der Waals surface area contributed by atoms with Crippen molar-refractivity contribution in [2.75, 3.05) is 4.72 Å². The number of anilines is 1. The molecule has 0 atom stereocenters. The summed E-state index contributed by atoms with van der Waals surface area (Å²) in [4.78, 5) is 8.49. The molecule has 2 aromatic carbocycles. The number of hydrogen-bond acceptors (Lipinski definition) is 7. The first-order chi connectivity index (χ1) is 15.8. The maximum absolute atomic E-state index is 12.6. The van der Waals surface area contributed by atoms with E-state index < -0.39 is 10.0 Å². The first kappa shape index (κ1) is 22.0. The van der Waals surface area contributed by atoms with Gasteiger partial charge in [0.15, 0.2) is 5.82 Å². The highest BCUT2D eigenvalue weighted by molar-refractivity contribution is 7.92. The first-order valence-corrected chi connectivity index (χ1v) is 11.4. The van der Waals surface area contributed by atoms with Crippen LogP contribution >= 0.6 is 0 Å². The molecule has 2 heterocycles. The van der Waals surface area contributed by atoms with Crippen LogP contribution in [0, 0.1) is 32.1 Å². The third-order valence-corrected chi connectivity index (χ3v) is 6.52. The van der Waals surface area contributed by atoms with Crippen molar-refractivity contribution >= 4 is 15.7 Å². The molecular formula is C23H20N6O3S. The summed E-state index contributed by atoms with van der Waals surface area (Å²) >= 11 is 0. The Morgan fingerprint density at radius 3 is 2.30 bits per heavy atom. The van der Waals surface area contributed by atoms with Crippen LogP contribution in [0.3, 0.4) is 0 Å². The molecular weight excluding hydrogens is 440 g/mol. The average Bonchev–Trinajstić information content (AvgIpc) is 3.08. The van der Waals surface area contributed by atoms with Gasteiger partial charge in [-0.05, 0) is 74.9 Å². The Hall–Kier alpha value is -4.23. The highest BCUT2D eigenvalue weighted by Gasteiger charge is 2.15. The molecule has 0 aliphatic carbocycles. The summed E-state index contributed by atoms with van der Waals surface area (Å²) in [5, 5.41) is 13.4. The molecule has 0 radical (unpaired) electrons. The monoisotopic (exact) mass is 460 g/mol. The van der Waals surface area contributed by atoms with Crippen molar-refractivity contribution in [3.05, 3.63) is 83.4 Å². The molecule has 9 nitrogen and oxygen atoms in total. The largest absolute Gasteiger partial charge is 0.439 e. The number of aromatic nitrogens is 4. The van der Waals surface area contributed by atoms with Gasteiger partial charge in [-0.25, -0.2) is 23.1 Å². The third-order valence-electron chi connectivity index (χ3n) is 5.12. The zero-order valence-electron chi connectivity index (χ0n) is 18.1. The van der Waals surface area contributed by atoms with E-state index in [9.17, 15) is 8.42 Å². The van der Waals surface area contributed by atoms with E-state index in [-0.39, 0.29) is 4.90 Å². The Morgan fingerprint density at radius 2 is 1.70 bits per heavy atom. The number of sulfonamides is 1. The van der Waals surface area contributed by atoms with Gasteiger partial charge in [-0.15, -0.1) is 0 Å². The lowest BCUT2D eigenvalue weighted by Crippen LogP contribution is -2.12. The van der Waals surface area contributed by atoms with Gasteiger partial charge < -0.3 is 4.74 Å². The summed E-state index contributed by atoms with van der Waals surface area (Å²) in [6, 6.07) is 15.7. The van der Waals surface area contributed by atoms with E-state index in [1.54, 1.807) is 35.0 Å². The van der Waals surface area contributed by atoms with E-state index in [0.29, 0.717) is 28.7 Å². The lowest BCUT2D eigenvalue weighted by atomic mass is 10.2. The Balaban J connectivity index is 1.49. The fourth-order valence-electron chi connectivity index (χ4n) is 3.08. The van der Waals surface area contributed by atoms with Gasteiger partial charge in [0.2, 0.25) is 5.88 Å². The smallest absolute Gasteiger partial charge is 0.261 e. The number of nitriles is 1. The van der Waals surface area contributed by atoms with E-state index in [4.69, 9.17) is 10.00 Å². The molecule has 1 N–H and O–H groups in total. The normalized spacial score (nSPS) is 11.1. The molecule has 0 fully saturated rings.